The number of ether oxygens (including phenoxy) is 1. The quantitative estimate of drug-likeness (QED) is 0.240. The monoisotopic (exact) mass is 386 g/mol. The fraction of sp³-hybridized carbons (Fsp3) is 0.429. The van der Waals surface area contributed by atoms with Gasteiger partial charge in [-0.15, -0.1) is 0 Å². The van der Waals surface area contributed by atoms with Crippen molar-refractivity contribution in [1.29, 1.82) is 0 Å². The Hall–Kier alpha value is -2.11. The first-order valence-corrected chi connectivity index (χ1v) is 9.14. The van der Waals surface area contributed by atoms with Crippen molar-refractivity contribution < 1.29 is 26.7 Å². The second kappa shape index (κ2) is 9.72. The average molecular weight is 386 g/mol. The number of hydrogen-bond acceptors (Lipinski definition) is 1. The summed E-state index contributed by atoms with van der Waals surface area (Å²) >= 11 is 0. The molecule has 0 unspecified atom stereocenters. The SMILES string of the molecule is CCCCCCCCc1ccc(C(F)(F)Oc2cc(F)c(F)c(F)c2)cc1. The van der Waals surface area contributed by atoms with Crippen molar-refractivity contribution in [3.8, 4) is 5.75 Å². The topological polar surface area (TPSA) is 9.23 Å². The molecule has 148 valence electrons. The minimum Gasteiger partial charge on any atom is -0.429 e. The minimum atomic E-state index is -3.80. The van der Waals surface area contributed by atoms with E-state index >= 15 is 0 Å². The van der Waals surface area contributed by atoms with Crippen molar-refractivity contribution in [2.45, 2.75) is 58.0 Å². The van der Waals surface area contributed by atoms with Gasteiger partial charge in [-0.2, -0.15) is 8.78 Å². The highest BCUT2D eigenvalue weighted by molar-refractivity contribution is 5.29. The summed E-state index contributed by atoms with van der Waals surface area (Å²) in [6.07, 6.45) is 3.89. The van der Waals surface area contributed by atoms with Gasteiger partial charge in [0.2, 0.25) is 0 Å². The van der Waals surface area contributed by atoms with Crippen LogP contribution in [-0.4, -0.2) is 0 Å². The smallest absolute Gasteiger partial charge is 0.426 e. The Morgan fingerprint density at radius 1 is 0.815 bits per heavy atom. The molecule has 27 heavy (non-hydrogen) atoms. The van der Waals surface area contributed by atoms with Crippen LogP contribution < -0.4 is 4.74 Å². The standard InChI is InChI=1S/C21H23F5O/c1-2-3-4-5-6-7-8-15-9-11-16(12-10-15)21(25,26)27-17-13-18(22)20(24)19(23)14-17/h9-14H,2-8H2,1H3. The fourth-order valence-electron chi connectivity index (χ4n) is 2.77. The predicted molar refractivity (Wildman–Crippen MR) is 94.4 cm³/mol. The van der Waals surface area contributed by atoms with Crippen LogP contribution in [0.15, 0.2) is 36.4 Å². The van der Waals surface area contributed by atoms with Gasteiger partial charge >= 0.3 is 6.11 Å². The molecule has 0 saturated heterocycles. The molecule has 0 N–H and O–H groups in total. The van der Waals surface area contributed by atoms with Gasteiger partial charge in [0.25, 0.3) is 0 Å². The van der Waals surface area contributed by atoms with Crippen LogP contribution in [0.25, 0.3) is 0 Å². The number of benzene rings is 2. The van der Waals surface area contributed by atoms with Crippen LogP contribution in [0.3, 0.4) is 0 Å². The number of unbranched alkanes of at least 4 members (excludes halogenated alkanes) is 5. The summed E-state index contributed by atoms with van der Waals surface area (Å²) in [5.74, 6) is -5.69. The van der Waals surface area contributed by atoms with Crippen LogP contribution in [0.4, 0.5) is 22.0 Å². The lowest BCUT2D eigenvalue weighted by molar-refractivity contribution is -0.185. The normalized spacial score (nSPS) is 11.6. The highest BCUT2D eigenvalue weighted by Crippen LogP contribution is 2.33. The summed E-state index contributed by atoms with van der Waals surface area (Å²) in [5.41, 5.74) is 0.489. The van der Waals surface area contributed by atoms with Crippen molar-refractivity contribution in [2.75, 3.05) is 0 Å². The van der Waals surface area contributed by atoms with E-state index in [0.29, 0.717) is 12.1 Å². The molecular formula is C21H23F5O. The highest BCUT2D eigenvalue weighted by atomic mass is 19.3. The second-order valence-corrected chi connectivity index (χ2v) is 6.53. The molecule has 0 fully saturated rings. The number of rotatable bonds is 10. The Balaban J connectivity index is 1.94. The molecule has 0 amide bonds. The van der Waals surface area contributed by atoms with Gasteiger partial charge in [0.1, 0.15) is 5.75 Å². The molecule has 0 heterocycles. The van der Waals surface area contributed by atoms with Crippen molar-refractivity contribution in [3.63, 3.8) is 0 Å². The van der Waals surface area contributed by atoms with Gasteiger partial charge in [0.05, 0.1) is 5.56 Å². The van der Waals surface area contributed by atoms with E-state index in [1.807, 2.05) is 0 Å². The molecule has 0 saturated carbocycles. The van der Waals surface area contributed by atoms with E-state index in [-0.39, 0.29) is 0 Å². The number of halogens is 5. The largest absolute Gasteiger partial charge is 0.429 e. The van der Waals surface area contributed by atoms with Gasteiger partial charge in [-0.1, -0.05) is 51.2 Å². The third-order valence-corrected chi connectivity index (χ3v) is 4.31. The van der Waals surface area contributed by atoms with E-state index in [0.717, 1.165) is 24.8 Å². The van der Waals surface area contributed by atoms with Crippen molar-refractivity contribution in [2.24, 2.45) is 0 Å². The van der Waals surface area contributed by atoms with Crippen LogP contribution in [0, 0.1) is 17.5 Å². The molecule has 0 aliphatic heterocycles. The highest BCUT2D eigenvalue weighted by Gasteiger charge is 2.35. The molecule has 2 aromatic rings. The Labute approximate surface area is 156 Å². The maximum absolute atomic E-state index is 14.2. The summed E-state index contributed by atoms with van der Waals surface area (Å²) in [6.45, 7) is 2.16. The van der Waals surface area contributed by atoms with Crippen LogP contribution in [0.1, 0.15) is 56.6 Å². The van der Waals surface area contributed by atoms with E-state index in [4.69, 9.17) is 0 Å². The van der Waals surface area contributed by atoms with Crippen molar-refractivity contribution >= 4 is 0 Å². The lowest BCUT2D eigenvalue weighted by Gasteiger charge is -2.18. The van der Waals surface area contributed by atoms with Crippen LogP contribution in [0.5, 0.6) is 5.75 Å². The van der Waals surface area contributed by atoms with Gasteiger partial charge in [-0.25, -0.2) is 13.2 Å². The zero-order valence-corrected chi connectivity index (χ0v) is 15.2. The predicted octanol–water partition coefficient (Wildman–Crippen LogP) is 7.14. The van der Waals surface area contributed by atoms with Gasteiger partial charge in [0, 0.05) is 12.1 Å². The Kier molecular flexibility index (Phi) is 7.63. The lowest BCUT2D eigenvalue weighted by atomic mass is 10.0. The second-order valence-electron chi connectivity index (χ2n) is 6.53. The first-order chi connectivity index (χ1) is 12.8. The molecule has 2 aromatic carbocycles. The molecular weight excluding hydrogens is 363 g/mol. The molecule has 0 atom stereocenters. The van der Waals surface area contributed by atoms with E-state index in [2.05, 4.69) is 11.7 Å². The first-order valence-electron chi connectivity index (χ1n) is 9.14. The summed E-state index contributed by atoms with van der Waals surface area (Å²) in [5, 5.41) is 0. The van der Waals surface area contributed by atoms with E-state index in [9.17, 15) is 22.0 Å². The van der Waals surface area contributed by atoms with Crippen LogP contribution in [0.2, 0.25) is 0 Å². The molecule has 0 aliphatic rings. The summed E-state index contributed by atoms with van der Waals surface area (Å²) < 4.78 is 72.0. The van der Waals surface area contributed by atoms with Gasteiger partial charge in [-0.05, 0) is 30.5 Å². The maximum Gasteiger partial charge on any atom is 0.426 e. The molecule has 6 heteroatoms. The third-order valence-electron chi connectivity index (χ3n) is 4.31. The molecule has 0 spiro atoms. The zero-order valence-electron chi connectivity index (χ0n) is 15.2. The fourth-order valence-corrected chi connectivity index (χ4v) is 2.77. The van der Waals surface area contributed by atoms with Crippen LogP contribution in [-0.2, 0) is 12.5 Å². The van der Waals surface area contributed by atoms with Gasteiger partial charge in [-0.3, -0.25) is 0 Å². The first kappa shape index (κ1) is 21.2. The van der Waals surface area contributed by atoms with Crippen molar-refractivity contribution in [3.05, 3.63) is 65.0 Å². The summed E-state index contributed by atoms with van der Waals surface area (Å²) in [6, 6.07) is 6.40. The molecule has 0 bridgehead atoms. The van der Waals surface area contributed by atoms with Gasteiger partial charge < -0.3 is 4.74 Å². The Morgan fingerprint density at radius 3 is 1.96 bits per heavy atom. The molecule has 2 rings (SSSR count). The Morgan fingerprint density at radius 2 is 1.37 bits per heavy atom. The number of aryl methyl sites for hydroxylation is 1. The third kappa shape index (κ3) is 6.22. The van der Waals surface area contributed by atoms with Crippen molar-refractivity contribution in [1.82, 2.24) is 0 Å². The maximum atomic E-state index is 14.2. The lowest BCUT2D eigenvalue weighted by Crippen LogP contribution is -2.22. The molecule has 1 nitrogen and oxygen atoms in total. The van der Waals surface area contributed by atoms with Crippen LogP contribution >= 0.6 is 0 Å². The summed E-state index contributed by atoms with van der Waals surface area (Å²) in [4.78, 5) is 0. The summed E-state index contributed by atoms with van der Waals surface area (Å²) in [7, 11) is 0. The number of alkyl halides is 2. The minimum absolute atomic E-state index is 0.388. The molecule has 0 radical (unpaired) electrons. The zero-order chi connectivity index (χ0) is 19.9. The number of hydrogen-bond donors (Lipinski definition) is 0. The van der Waals surface area contributed by atoms with Gasteiger partial charge in [0.15, 0.2) is 17.5 Å². The molecule has 0 aromatic heterocycles. The van der Waals surface area contributed by atoms with E-state index < -0.39 is 34.9 Å². The van der Waals surface area contributed by atoms with E-state index in [1.165, 1.54) is 37.8 Å². The average Bonchev–Trinajstić information content (AvgIpc) is 2.62. The van der Waals surface area contributed by atoms with E-state index in [1.54, 1.807) is 12.1 Å². The molecule has 0 aliphatic carbocycles. The Bertz CT molecular complexity index is 705.